The van der Waals surface area contributed by atoms with Gasteiger partial charge >= 0.3 is 0 Å². The highest BCUT2D eigenvalue weighted by Crippen LogP contribution is 2.38. The van der Waals surface area contributed by atoms with Crippen LogP contribution >= 0.6 is 0 Å². The molecular formula is C29H40N6O4S. The average molecular weight is 569 g/mol. The number of anilines is 2. The summed E-state index contributed by atoms with van der Waals surface area (Å²) in [6.07, 6.45) is 4.42. The summed E-state index contributed by atoms with van der Waals surface area (Å²) in [4.78, 5) is 39.4. The number of hydrogen-bond donors (Lipinski definition) is 2. The lowest BCUT2D eigenvalue weighted by Crippen LogP contribution is -2.43. The molecule has 0 aliphatic carbocycles. The van der Waals surface area contributed by atoms with Gasteiger partial charge in [-0.05, 0) is 68.9 Å². The number of amides is 2. The van der Waals surface area contributed by atoms with Crippen LogP contribution in [-0.2, 0) is 14.8 Å². The second-order valence-electron chi connectivity index (χ2n) is 12.1. The molecule has 2 aliphatic rings. The van der Waals surface area contributed by atoms with Gasteiger partial charge < -0.3 is 15.5 Å². The Morgan fingerprint density at radius 3 is 2.52 bits per heavy atom. The highest BCUT2D eigenvalue weighted by molar-refractivity contribution is 7.90. The molecule has 40 heavy (non-hydrogen) atoms. The van der Waals surface area contributed by atoms with E-state index in [4.69, 9.17) is 10.7 Å². The van der Waals surface area contributed by atoms with Crippen molar-refractivity contribution in [1.82, 2.24) is 19.6 Å². The lowest BCUT2D eigenvalue weighted by molar-refractivity contribution is -0.140. The summed E-state index contributed by atoms with van der Waals surface area (Å²) < 4.78 is 28.1. The molecule has 0 spiro atoms. The van der Waals surface area contributed by atoms with Crippen LogP contribution in [0.3, 0.4) is 0 Å². The molecule has 0 radical (unpaired) electrons. The van der Waals surface area contributed by atoms with Gasteiger partial charge in [0.05, 0.1) is 11.3 Å². The van der Waals surface area contributed by atoms with Crippen LogP contribution in [0, 0.1) is 11.3 Å². The zero-order valence-corrected chi connectivity index (χ0v) is 25.0. The van der Waals surface area contributed by atoms with E-state index in [1.54, 1.807) is 12.1 Å². The van der Waals surface area contributed by atoms with Crippen LogP contribution in [0.5, 0.6) is 0 Å². The number of nitrogens with one attached hydrogen (secondary N) is 1. The van der Waals surface area contributed by atoms with Crippen molar-refractivity contribution >= 4 is 39.0 Å². The van der Waals surface area contributed by atoms with E-state index < -0.39 is 21.3 Å². The van der Waals surface area contributed by atoms with Gasteiger partial charge in [-0.1, -0.05) is 39.8 Å². The fraction of sp³-hybridized carbons (Fsp3) is 0.517. The number of carbonyl (C=O) groups excluding carboxylic acids is 2. The lowest BCUT2D eigenvalue weighted by atomic mass is 9.87. The van der Waals surface area contributed by atoms with E-state index in [1.165, 1.54) is 18.2 Å². The molecule has 2 aliphatic heterocycles. The minimum atomic E-state index is -4.27. The molecular weight excluding hydrogens is 528 g/mol. The van der Waals surface area contributed by atoms with Gasteiger partial charge in [0.15, 0.2) is 5.03 Å². The van der Waals surface area contributed by atoms with Crippen molar-refractivity contribution in [3.05, 3.63) is 47.7 Å². The van der Waals surface area contributed by atoms with E-state index in [9.17, 15) is 18.0 Å². The van der Waals surface area contributed by atoms with Gasteiger partial charge in [0.2, 0.25) is 5.91 Å². The van der Waals surface area contributed by atoms with Crippen molar-refractivity contribution in [2.75, 3.05) is 30.3 Å². The highest BCUT2D eigenvalue weighted by atomic mass is 32.2. The minimum Gasteiger partial charge on any atom is -0.384 e. The van der Waals surface area contributed by atoms with E-state index in [1.807, 2.05) is 25.7 Å². The second-order valence-corrected chi connectivity index (χ2v) is 13.7. The Labute approximate surface area is 237 Å². The number of hydrogen-bond acceptors (Lipinski definition) is 8. The first-order valence-corrected chi connectivity index (χ1v) is 15.2. The molecule has 2 aromatic heterocycles. The summed E-state index contributed by atoms with van der Waals surface area (Å²) in [5, 5.41) is -0.339. The van der Waals surface area contributed by atoms with Gasteiger partial charge in [-0.2, -0.15) is 8.42 Å². The van der Waals surface area contributed by atoms with Crippen LogP contribution in [0.15, 0.2) is 41.4 Å². The van der Waals surface area contributed by atoms with Crippen molar-refractivity contribution < 1.29 is 18.0 Å². The SMILES string of the molecule is CCC(C)(C)C(=O)N1CCC=C(c2ccc(C(=O)NS(=O)(=O)c3cccc(N)n3)c(N3C[C@@H](C)CC3(C)C)n2)C1. The summed E-state index contributed by atoms with van der Waals surface area (Å²) in [5.74, 6) is 0.109. The van der Waals surface area contributed by atoms with E-state index in [0.717, 1.165) is 18.4 Å². The molecule has 0 saturated carbocycles. The Morgan fingerprint density at radius 1 is 1.18 bits per heavy atom. The predicted octanol–water partition coefficient (Wildman–Crippen LogP) is 3.85. The third kappa shape index (κ3) is 5.99. The summed E-state index contributed by atoms with van der Waals surface area (Å²) in [5.41, 5.74) is 6.61. The van der Waals surface area contributed by atoms with E-state index in [0.29, 0.717) is 43.5 Å². The number of nitrogen functional groups attached to an aromatic ring is 1. The Balaban J connectivity index is 1.71. The van der Waals surface area contributed by atoms with Crippen LogP contribution in [0.1, 0.15) is 76.9 Å². The van der Waals surface area contributed by atoms with E-state index in [-0.39, 0.29) is 27.9 Å². The molecule has 3 N–H and O–H groups in total. The van der Waals surface area contributed by atoms with Gasteiger partial charge in [0.25, 0.3) is 15.9 Å². The van der Waals surface area contributed by atoms with Crippen molar-refractivity contribution in [3.63, 3.8) is 0 Å². The molecule has 11 heteroatoms. The van der Waals surface area contributed by atoms with E-state index in [2.05, 4.69) is 41.5 Å². The van der Waals surface area contributed by atoms with Crippen molar-refractivity contribution in [2.24, 2.45) is 11.3 Å². The van der Waals surface area contributed by atoms with Crippen LogP contribution in [0.25, 0.3) is 5.57 Å². The maximum absolute atomic E-state index is 13.5. The largest absolute Gasteiger partial charge is 0.384 e. The van der Waals surface area contributed by atoms with Crippen LogP contribution < -0.4 is 15.4 Å². The summed E-state index contributed by atoms with van der Waals surface area (Å²) in [6.45, 7) is 14.0. The quantitative estimate of drug-likeness (QED) is 0.514. The summed E-state index contributed by atoms with van der Waals surface area (Å²) in [6, 6.07) is 7.55. The Bertz CT molecular complexity index is 1450. The van der Waals surface area contributed by atoms with Crippen molar-refractivity contribution in [2.45, 2.75) is 71.4 Å². The number of nitrogens with zero attached hydrogens (tertiary/aromatic N) is 4. The third-order valence-electron chi connectivity index (χ3n) is 7.93. The molecule has 216 valence electrons. The van der Waals surface area contributed by atoms with Crippen LogP contribution in [0.4, 0.5) is 11.6 Å². The number of rotatable bonds is 7. The fourth-order valence-corrected chi connectivity index (χ4v) is 6.40. The standard InChI is InChI=1S/C29H40N6O4S/c1-7-28(3,4)27(37)34-15-9-10-20(18-34)22-14-13-21(25(31-22)35-17-19(2)16-29(35,5)6)26(36)33-40(38,39)24-12-8-11-23(30)32-24/h8,10-14,19H,7,9,15-18H2,1-6H3,(H2,30,32)(H,33,36)/t19-/m0/s1. The monoisotopic (exact) mass is 568 g/mol. The fourth-order valence-electron chi connectivity index (χ4n) is 5.46. The maximum Gasteiger partial charge on any atom is 0.281 e. The Morgan fingerprint density at radius 2 is 1.90 bits per heavy atom. The molecule has 0 aromatic carbocycles. The summed E-state index contributed by atoms with van der Waals surface area (Å²) in [7, 11) is -4.27. The molecule has 1 atom stereocenters. The second kappa shape index (κ2) is 10.8. The smallest absolute Gasteiger partial charge is 0.281 e. The first kappa shape index (κ1) is 29.5. The Kier molecular flexibility index (Phi) is 7.99. The normalized spacial score (nSPS) is 19.4. The molecule has 1 fully saturated rings. The highest BCUT2D eigenvalue weighted by Gasteiger charge is 2.40. The average Bonchev–Trinajstić information content (AvgIpc) is 3.19. The zero-order valence-electron chi connectivity index (χ0n) is 24.2. The first-order valence-electron chi connectivity index (χ1n) is 13.7. The van der Waals surface area contributed by atoms with Gasteiger partial charge in [0.1, 0.15) is 11.6 Å². The molecule has 10 nitrogen and oxygen atoms in total. The molecule has 1 saturated heterocycles. The predicted molar refractivity (Wildman–Crippen MR) is 156 cm³/mol. The van der Waals surface area contributed by atoms with Gasteiger partial charge in [0, 0.05) is 30.6 Å². The minimum absolute atomic E-state index is 0.0328. The van der Waals surface area contributed by atoms with E-state index >= 15 is 0 Å². The number of sulfonamides is 1. The van der Waals surface area contributed by atoms with Crippen LogP contribution in [-0.4, -0.2) is 60.3 Å². The molecule has 2 aromatic rings. The van der Waals surface area contributed by atoms with Gasteiger partial charge in [-0.3, -0.25) is 9.59 Å². The third-order valence-corrected chi connectivity index (χ3v) is 9.16. The zero-order chi connectivity index (χ0) is 29.5. The molecule has 0 bridgehead atoms. The maximum atomic E-state index is 13.5. The number of carbonyl (C=O) groups is 2. The molecule has 2 amide bonds. The molecule has 4 rings (SSSR count). The number of pyridine rings is 2. The lowest BCUT2D eigenvalue weighted by Gasteiger charge is -2.35. The number of aromatic nitrogens is 2. The molecule has 0 unspecified atom stereocenters. The summed E-state index contributed by atoms with van der Waals surface area (Å²) >= 11 is 0. The van der Waals surface area contributed by atoms with Crippen molar-refractivity contribution in [3.8, 4) is 0 Å². The Hall–Kier alpha value is -3.47. The van der Waals surface area contributed by atoms with Crippen LogP contribution in [0.2, 0.25) is 0 Å². The number of nitrogens with two attached hydrogens (primary N) is 1. The first-order chi connectivity index (χ1) is 18.6. The molecule has 4 heterocycles. The van der Waals surface area contributed by atoms with Gasteiger partial charge in [-0.15, -0.1) is 0 Å². The topological polar surface area (TPSA) is 139 Å². The van der Waals surface area contributed by atoms with Crippen molar-refractivity contribution in [1.29, 1.82) is 0 Å². The van der Waals surface area contributed by atoms with Gasteiger partial charge in [-0.25, -0.2) is 14.7 Å².